The molecule has 5 heteroatoms. The summed E-state index contributed by atoms with van der Waals surface area (Å²) in [5.74, 6) is -0.525. The van der Waals surface area contributed by atoms with Gasteiger partial charge in [-0.1, -0.05) is 27.7 Å². The highest BCUT2D eigenvalue weighted by Gasteiger charge is 2.39. The molecule has 114 valence electrons. The Morgan fingerprint density at radius 3 is 2.00 bits per heavy atom. The Balaban J connectivity index is 4.61. The fraction of sp³-hybridized carbons (Fsp3) is 0.929. The minimum absolute atomic E-state index is 0.0599. The van der Waals surface area contributed by atoms with E-state index in [1.807, 2.05) is 27.7 Å². The van der Waals surface area contributed by atoms with Crippen LogP contribution in [0, 0.1) is 16.7 Å². The molecule has 0 rings (SSSR count). The van der Waals surface area contributed by atoms with Crippen molar-refractivity contribution in [1.82, 2.24) is 0 Å². The minimum atomic E-state index is -1.17. The zero-order valence-electron chi connectivity index (χ0n) is 12.8. The molecule has 2 atom stereocenters. The van der Waals surface area contributed by atoms with Crippen molar-refractivity contribution in [3.05, 3.63) is 0 Å². The van der Waals surface area contributed by atoms with E-state index >= 15 is 0 Å². The first-order chi connectivity index (χ1) is 8.46. The number of carbonyl (C=O) groups excluding carboxylic acids is 1. The molecule has 0 spiro atoms. The van der Waals surface area contributed by atoms with Crippen LogP contribution < -0.4 is 0 Å². The molecular formula is C14H28O5. The van der Waals surface area contributed by atoms with Crippen molar-refractivity contribution in [3.8, 4) is 0 Å². The van der Waals surface area contributed by atoms with E-state index in [1.54, 1.807) is 0 Å². The molecule has 0 aliphatic rings. The van der Waals surface area contributed by atoms with Crippen molar-refractivity contribution < 1.29 is 24.9 Å². The first-order valence-corrected chi connectivity index (χ1v) is 6.61. The van der Waals surface area contributed by atoms with E-state index < -0.39 is 35.6 Å². The van der Waals surface area contributed by atoms with Gasteiger partial charge in [-0.15, -0.1) is 0 Å². The third-order valence-corrected chi connectivity index (χ3v) is 3.54. The van der Waals surface area contributed by atoms with E-state index in [0.717, 1.165) is 0 Å². The maximum absolute atomic E-state index is 11.9. The number of hydrogen-bond acceptors (Lipinski definition) is 5. The summed E-state index contributed by atoms with van der Waals surface area (Å²) in [4.78, 5) is 11.9. The van der Waals surface area contributed by atoms with E-state index in [4.69, 9.17) is 9.84 Å². The van der Waals surface area contributed by atoms with Crippen molar-refractivity contribution in [2.45, 2.75) is 53.8 Å². The predicted molar refractivity (Wildman–Crippen MR) is 72.5 cm³/mol. The lowest BCUT2D eigenvalue weighted by Crippen LogP contribution is -2.44. The molecule has 0 aliphatic heterocycles. The number of ether oxygens (including phenoxy) is 1. The summed E-state index contributed by atoms with van der Waals surface area (Å²) in [6.45, 7) is 10.0. The molecule has 0 aromatic carbocycles. The second-order valence-corrected chi connectivity index (χ2v) is 6.67. The van der Waals surface area contributed by atoms with Crippen LogP contribution in [0.5, 0.6) is 0 Å². The lowest BCUT2D eigenvalue weighted by atomic mass is 9.81. The molecule has 0 radical (unpaired) electrons. The second kappa shape index (κ2) is 6.68. The Bertz CT molecular complexity index is 296. The monoisotopic (exact) mass is 276 g/mol. The molecule has 0 amide bonds. The first kappa shape index (κ1) is 18.4. The van der Waals surface area contributed by atoms with Gasteiger partial charge in [0, 0.05) is 5.41 Å². The summed E-state index contributed by atoms with van der Waals surface area (Å²) in [5.41, 5.74) is -1.74. The van der Waals surface area contributed by atoms with Gasteiger partial charge >= 0.3 is 5.97 Å². The Labute approximate surface area is 115 Å². The highest BCUT2D eigenvalue weighted by molar-refractivity contribution is 5.76. The van der Waals surface area contributed by atoms with Crippen molar-refractivity contribution >= 4 is 5.97 Å². The molecule has 5 nitrogen and oxygen atoms in total. The number of aliphatic hydroxyl groups excluding tert-OH is 3. The topological polar surface area (TPSA) is 87.0 Å². The van der Waals surface area contributed by atoms with E-state index in [9.17, 15) is 15.0 Å². The average molecular weight is 276 g/mol. The molecule has 0 aromatic rings. The molecule has 0 saturated carbocycles. The van der Waals surface area contributed by atoms with Gasteiger partial charge in [0.25, 0.3) is 0 Å². The summed E-state index contributed by atoms with van der Waals surface area (Å²) >= 11 is 0. The Kier molecular flexibility index (Phi) is 6.45. The van der Waals surface area contributed by atoms with Crippen LogP contribution in [0.2, 0.25) is 0 Å². The summed E-state index contributed by atoms with van der Waals surface area (Å²) in [6, 6.07) is 0. The third kappa shape index (κ3) is 4.75. The number of esters is 1. The molecule has 2 unspecified atom stereocenters. The van der Waals surface area contributed by atoms with E-state index in [1.165, 1.54) is 13.8 Å². The summed E-state index contributed by atoms with van der Waals surface area (Å²) < 4.78 is 5.20. The lowest BCUT2D eigenvalue weighted by Gasteiger charge is -2.34. The molecule has 0 bridgehead atoms. The molecule has 0 saturated heterocycles. The molecule has 3 N–H and O–H groups in total. The van der Waals surface area contributed by atoms with Gasteiger partial charge in [-0.3, -0.25) is 4.79 Å². The number of carbonyl (C=O) groups is 1. The van der Waals surface area contributed by atoms with Gasteiger partial charge in [-0.2, -0.15) is 0 Å². The van der Waals surface area contributed by atoms with Crippen LogP contribution in [0.15, 0.2) is 0 Å². The van der Waals surface area contributed by atoms with Crippen LogP contribution in [0.1, 0.15) is 41.5 Å². The van der Waals surface area contributed by atoms with Crippen molar-refractivity contribution in [3.63, 3.8) is 0 Å². The quantitative estimate of drug-likeness (QED) is 0.603. The highest BCUT2D eigenvalue weighted by Crippen LogP contribution is 2.29. The number of rotatable bonds is 7. The second-order valence-electron chi connectivity index (χ2n) is 6.67. The van der Waals surface area contributed by atoms with Gasteiger partial charge < -0.3 is 20.1 Å². The van der Waals surface area contributed by atoms with E-state index in [0.29, 0.717) is 0 Å². The summed E-state index contributed by atoms with van der Waals surface area (Å²) in [5, 5.41) is 28.5. The van der Waals surface area contributed by atoms with Gasteiger partial charge in [-0.05, 0) is 19.8 Å². The molecular weight excluding hydrogens is 248 g/mol. The molecule has 0 heterocycles. The zero-order chi connectivity index (χ0) is 15.4. The van der Waals surface area contributed by atoms with Crippen LogP contribution in [-0.2, 0) is 9.53 Å². The molecule has 0 aliphatic carbocycles. The first-order valence-electron chi connectivity index (χ1n) is 6.61. The average Bonchev–Trinajstić information content (AvgIpc) is 2.33. The summed E-state index contributed by atoms with van der Waals surface area (Å²) in [7, 11) is 0. The molecule has 0 fully saturated rings. The molecule has 0 aromatic heterocycles. The Morgan fingerprint density at radius 2 is 1.63 bits per heavy atom. The highest BCUT2D eigenvalue weighted by atomic mass is 16.5. The van der Waals surface area contributed by atoms with Crippen LogP contribution >= 0.6 is 0 Å². The van der Waals surface area contributed by atoms with E-state index in [2.05, 4.69) is 0 Å². The standard InChI is InChI=1S/C14H28O5/c1-9(2)11(17)13(3,4)8-19-12(18)14(5,6)10(16)7-15/h9-11,15-17H,7-8H2,1-6H3. The Morgan fingerprint density at radius 1 is 1.16 bits per heavy atom. The molecule has 19 heavy (non-hydrogen) atoms. The number of aliphatic hydroxyl groups is 3. The lowest BCUT2D eigenvalue weighted by molar-refractivity contribution is -0.168. The minimum Gasteiger partial charge on any atom is -0.465 e. The maximum Gasteiger partial charge on any atom is 0.314 e. The predicted octanol–water partition coefficient (Wildman–Crippen LogP) is 0.952. The zero-order valence-corrected chi connectivity index (χ0v) is 12.8. The normalized spacial score (nSPS) is 16.3. The SMILES string of the molecule is CC(C)C(O)C(C)(C)COC(=O)C(C)(C)C(O)CO. The van der Waals surface area contributed by atoms with E-state index in [-0.39, 0.29) is 12.5 Å². The van der Waals surface area contributed by atoms with Crippen molar-refractivity contribution in [2.24, 2.45) is 16.7 Å². The van der Waals surface area contributed by atoms with Crippen LogP contribution in [0.3, 0.4) is 0 Å². The number of hydrogen-bond donors (Lipinski definition) is 3. The maximum atomic E-state index is 11.9. The smallest absolute Gasteiger partial charge is 0.314 e. The largest absolute Gasteiger partial charge is 0.465 e. The fourth-order valence-electron chi connectivity index (χ4n) is 1.79. The van der Waals surface area contributed by atoms with Crippen LogP contribution in [0.25, 0.3) is 0 Å². The van der Waals surface area contributed by atoms with Crippen molar-refractivity contribution in [1.29, 1.82) is 0 Å². The van der Waals surface area contributed by atoms with Gasteiger partial charge in [-0.25, -0.2) is 0 Å². The van der Waals surface area contributed by atoms with Gasteiger partial charge in [0.1, 0.15) is 0 Å². The van der Waals surface area contributed by atoms with Crippen LogP contribution in [0.4, 0.5) is 0 Å². The third-order valence-electron chi connectivity index (χ3n) is 3.54. The summed E-state index contributed by atoms with van der Waals surface area (Å²) in [6.07, 6.45) is -1.76. The fourth-order valence-corrected chi connectivity index (χ4v) is 1.79. The van der Waals surface area contributed by atoms with Gasteiger partial charge in [0.05, 0.1) is 30.8 Å². The Hall–Kier alpha value is -0.650. The van der Waals surface area contributed by atoms with Crippen molar-refractivity contribution in [2.75, 3.05) is 13.2 Å². The van der Waals surface area contributed by atoms with Gasteiger partial charge in [0.2, 0.25) is 0 Å². The van der Waals surface area contributed by atoms with Crippen LogP contribution in [-0.4, -0.2) is 46.7 Å². The van der Waals surface area contributed by atoms with Gasteiger partial charge in [0.15, 0.2) is 0 Å².